The van der Waals surface area contributed by atoms with Crippen molar-refractivity contribution in [1.82, 2.24) is 0 Å². The van der Waals surface area contributed by atoms with Gasteiger partial charge < -0.3 is 0 Å². The van der Waals surface area contributed by atoms with Crippen molar-refractivity contribution in [2.24, 2.45) is 5.92 Å². The van der Waals surface area contributed by atoms with Crippen LogP contribution in [-0.4, -0.2) is 0 Å². The highest BCUT2D eigenvalue weighted by molar-refractivity contribution is 5.25. The van der Waals surface area contributed by atoms with Crippen LogP contribution >= 0.6 is 0 Å². The van der Waals surface area contributed by atoms with Crippen molar-refractivity contribution >= 4 is 0 Å². The summed E-state index contributed by atoms with van der Waals surface area (Å²) in [5.74, 6) is 1.73. The minimum absolute atomic E-state index is 0.773. The van der Waals surface area contributed by atoms with Gasteiger partial charge in [-0.25, -0.2) is 0 Å². The molecule has 21 heavy (non-hydrogen) atoms. The van der Waals surface area contributed by atoms with E-state index in [4.69, 9.17) is 0 Å². The van der Waals surface area contributed by atoms with Gasteiger partial charge in [0, 0.05) is 0 Å². The lowest BCUT2D eigenvalue weighted by Crippen LogP contribution is -2.17. The van der Waals surface area contributed by atoms with E-state index in [9.17, 15) is 0 Å². The van der Waals surface area contributed by atoms with Crippen molar-refractivity contribution in [3.63, 3.8) is 0 Å². The second-order valence-corrected chi connectivity index (χ2v) is 6.55. The van der Waals surface area contributed by atoms with Gasteiger partial charge in [-0.05, 0) is 51.0 Å². The van der Waals surface area contributed by atoms with E-state index in [1.165, 1.54) is 41.5 Å². The molecule has 0 N–H and O–H groups in total. The molecule has 2 aromatic carbocycles. The Morgan fingerprint density at radius 1 is 0.714 bits per heavy atom. The Kier molecular flexibility index (Phi) is 5.61. The van der Waals surface area contributed by atoms with Crippen molar-refractivity contribution in [3.05, 3.63) is 70.8 Å². The quantitative estimate of drug-likeness (QED) is 0.614. The van der Waals surface area contributed by atoms with Crippen molar-refractivity contribution in [3.8, 4) is 0 Å². The average molecular weight is 280 g/mol. The smallest absolute Gasteiger partial charge is 0.0162 e. The highest BCUT2D eigenvalue weighted by Gasteiger charge is 2.24. The van der Waals surface area contributed by atoms with E-state index >= 15 is 0 Å². The molecule has 3 rings (SSSR count). The molecule has 1 aliphatic rings. The third-order valence-electron chi connectivity index (χ3n) is 4.68. The van der Waals surface area contributed by atoms with Gasteiger partial charge in [-0.2, -0.15) is 0 Å². The first kappa shape index (κ1) is 15.8. The lowest BCUT2D eigenvalue weighted by atomic mass is 9.74. The average Bonchev–Trinajstić information content (AvgIpc) is 2.42. The minimum Gasteiger partial charge on any atom is -0.0591 e. The van der Waals surface area contributed by atoms with Crippen LogP contribution in [0.5, 0.6) is 0 Å². The molecule has 0 saturated heterocycles. The van der Waals surface area contributed by atoms with Crippen molar-refractivity contribution in [1.29, 1.82) is 0 Å². The van der Waals surface area contributed by atoms with Crippen molar-refractivity contribution in [2.75, 3.05) is 0 Å². The summed E-state index contributed by atoms with van der Waals surface area (Å²) in [7, 11) is 0. The highest BCUT2D eigenvalue weighted by Crippen LogP contribution is 2.38. The molecule has 0 radical (unpaired) electrons. The van der Waals surface area contributed by atoms with Crippen LogP contribution in [-0.2, 0) is 0 Å². The summed E-state index contributed by atoms with van der Waals surface area (Å²) in [4.78, 5) is 0. The Hall–Kier alpha value is -1.56. The maximum atomic E-state index is 2.37. The van der Waals surface area contributed by atoms with Crippen LogP contribution in [0.15, 0.2) is 48.5 Å². The molecule has 1 fully saturated rings. The standard InChI is InChI=1S/C13H18.C8H10/c1-10-6-8-13(9-7-10)11(2)12-4-3-5-12;1-7-3-5-8(2)6-4-7/h6-9,11-12H,3-5H2,1-2H3;3-6H,1-2H3. The Labute approximate surface area is 130 Å². The Morgan fingerprint density at radius 2 is 1.10 bits per heavy atom. The lowest BCUT2D eigenvalue weighted by molar-refractivity contribution is 0.272. The van der Waals surface area contributed by atoms with Crippen LogP contribution in [0, 0.1) is 26.7 Å². The first-order valence-electron chi connectivity index (χ1n) is 8.16. The molecule has 0 aromatic heterocycles. The van der Waals surface area contributed by atoms with E-state index in [1.807, 2.05) is 0 Å². The van der Waals surface area contributed by atoms with Crippen LogP contribution in [0.1, 0.15) is 54.4 Å². The zero-order valence-corrected chi connectivity index (χ0v) is 13.9. The molecule has 1 saturated carbocycles. The lowest BCUT2D eigenvalue weighted by Gasteiger charge is -2.31. The van der Waals surface area contributed by atoms with Crippen molar-refractivity contribution in [2.45, 2.75) is 52.9 Å². The minimum atomic E-state index is 0.773. The summed E-state index contributed by atoms with van der Waals surface area (Å²) >= 11 is 0. The SMILES string of the molecule is Cc1ccc(C(C)C2CCC2)cc1.Cc1ccc(C)cc1. The second-order valence-electron chi connectivity index (χ2n) is 6.55. The first-order chi connectivity index (χ1) is 10.1. The second kappa shape index (κ2) is 7.45. The van der Waals surface area contributed by atoms with E-state index in [-0.39, 0.29) is 0 Å². The summed E-state index contributed by atoms with van der Waals surface area (Å²) in [6, 6.07) is 17.5. The summed E-state index contributed by atoms with van der Waals surface area (Å²) in [6.45, 7) is 8.71. The third-order valence-corrected chi connectivity index (χ3v) is 4.68. The first-order valence-corrected chi connectivity index (χ1v) is 8.16. The Balaban J connectivity index is 0.000000173. The van der Waals surface area contributed by atoms with Crippen molar-refractivity contribution < 1.29 is 0 Å². The Morgan fingerprint density at radius 3 is 1.43 bits per heavy atom. The molecule has 0 aliphatic heterocycles. The molecule has 0 heterocycles. The van der Waals surface area contributed by atoms with Crippen LogP contribution in [0.3, 0.4) is 0 Å². The molecule has 0 bridgehead atoms. The van der Waals surface area contributed by atoms with E-state index in [0.29, 0.717) is 0 Å². The van der Waals surface area contributed by atoms with E-state index in [0.717, 1.165) is 11.8 Å². The fourth-order valence-corrected chi connectivity index (χ4v) is 2.72. The number of hydrogen-bond donors (Lipinski definition) is 0. The summed E-state index contributed by atoms with van der Waals surface area (Å²) in [5.41, 5.74) is 5.55. The van der Waals surface area contributed by atoms with Crippen LogP contribution in [0.25, 0.3) is 0 Å². The monoisotopic (exact) mass is 280 g/mol. The molecule has 1 aliphatic carbocycles. The molecule has 112 valence electrons. The van der Waals surface area contributed by atoms with Gasteiger partial charge in [0.25, 0.3) is 0 Å². The predicted molar refractivity (Wildman–Crippen MR) is 92.9 cm³/mol. The summed E-state index contributed by atoms with van der Waals surface area (Å²) in [5, 5.41) is 0. The van der Waals surface area contributed by atoms with Gasteiger partial charge in [-0.3, -0.25) is 0 Å². The topological polar surface area (TPSA) is 0 Å². The van der Waals surface area contributed by atoms with Gasteiger partial charge in [0.1, 0.15) is 0 Å². The van der Waals surface area contributed by atoms with Crippen LogP contribution in [0.2, 0.25) is 0 Å². The van der Waals surface area contributed by atoms with Crippen LogP contribution in [0.4, 0.5) is 0 Å². The van der Waals surface area contributed by atoms with Gasteiger partial charge in [0.05, 0.1) is 0 Å². The predicted octanol–water partition coefficient (Wildman–Crippen LogP) is 6.20. The van der Waals surface area contributed by atoms with Gasteiger partial charge in [0.2, 0.25) is 0 Å². The molecule has 0 amide bonds. The fourth-order valence-electron chi connectivity index (χ4n) is 2.72. The number of rotatable bonds is 2. The molecule has 2 aromatic rings. The zero-order chi connectivity index (χ0) is 15.2. The molecular formula is C21H28. The normalized spacial score (nSPS) is 15.6. The third kappa shape index (κ3) is 4.74. The van der Waals surface area contributed by atoms with Gasteiger partial charge in [0.15, 0.2) is 0 Å². The van der Waals surface area contributed by atoms with E-state index < -0.39 is 0 Å². The number of benzene rings is 2. The Bertz CT molecular complexity index is 508. The number of hydrogen-bond acceptors (Lipinski definition) is 0. The molecule has 1 atom stereocenters. The molecule has 0 nitrogen and oxygen atoms in total. The molecule has 0 heteroatoms. The zero-order valence-electron chi connectivity index (χ0n) is 13.9. The van der Waals surface area contributed by atoms with Gasteiger partial charge in [-0.1, -0.05) is 78.6 Å². The molecule has 1 unspecified atom stereocenters. The fraction of sp³-hybridized carbons (Fsp3) is 0.429. The maximum absolute atomic E-state index is 2.37. The highest BCUT2D eigenvalue weighted by atomic mass is 14.3. The molecular weight excluding hydrogens is 252 g/mol. The number of aryl methyl sites for hydroxylation is 3. The van der Waals surface area contributed by atoms with Crippen LogP contribution < -0.4 is 0 Å². The van der Waals surface area contributed by atoms with E-state index in [1.54, 1.807) is 0 Å². The van der Waals surface area contributed by atoms with E-state index in [2.05, 4.69) is 76.2 Å². The summed E-state index contributed by atoms with van der Waals surface area (Å²) in [6.07, 6.45) is 4.32. The molecule has 0 spiro atoms. The maximum Gasteiger partial charge on any atom is -0.0162 e. The van der Waals surface area contributed by atoms with Gasteiger partial charge >= 0.3 is 0 Å². The largest absolute Gasteiger partial charge is 0.0591 e. The summed E-state index contributed by atoms with van der Waals surface area (Å²) < 4.78 is 0. The van der Waals surface area contributed by atoms with Gasteiger partial charge in [-0.15, -0.1) is 0 Å².